The second-order valence-corrected chi connectivity index (χ2v) is 21.9. The van der Waals surface area contributed by atoms with Crippen molar-refractivity contribution in [1.29, 1.82) is 0 Å². The smallest absolute Gasteiger partial charge is 0.212 e. The number of hydrogen-bond acceptors (Lipinski definition) is 4. The number of benzene rings is 4. The molecule has 5 rings (SSSR count). The van der Waals surface area contributed by atoms with Crippen LogP contribution in [0, 0.1) is 0 Å². The van der Waals surface area contributed by atoms with Crippen molar-refractivity contribution in [3.8, 4) is 0 Å². The van der Waals surface area contributed by atoms with Crippen molar-refractivity contribution in [2.45, 2.75) is 209 Å². The number of unbranched alkanes of at least 4 members (excludes halogenated alkanes) is 16. The topological polar surface area (TPSA) is 19.0 Å². The van der Waals surface area contributed by atoms with Crippen molar-refractivity contribution in [1.82, 2.24) is 4.58 Å². The van der Waals surface area contributed by atoms with E-state index >= 15 is 0 Å². The van der Waals surface area contributed by atoms with E-state index in [9.17, 15) is 0 Å². The minimum Gasteiger partial charge on any atom is -0.372 e. The molecule has 416 valence electrons. The highest BCUT2D eigenvalue weighted by Crippen LogP contribution is 2.38. The Morgan fingerprint density at radius 1 is 0.263 bits per heavy atom. The summed E-state index contributed by atoms with van der Waals surface area (Å²) in [5, 5.41) is 0. The van der Waals surface area contributed by atoms with E-state index in [0.717, 1.165) is 63.7 Å². The first-order chi connectivity index (χ1) is 37.4. The summed E-state index contributed by atoms with van der Waals surface area (Å²) in [4.78, 5) is 10.4. The van der Waals surface area contributed by atoms with Gasteiger partial charge in [0, 0.05) is 135 Å². The number of nitrogens with zero attached hydrogens (tertiary/aromatic N) is 6. The second-order valence-electron chi connectivity index (χ2n) is 21.9. The highest BCUT2D eigenvalue weighted by Gasteiger charge is 2.24. The molecule has 0 aromatic heterocycles. The predicted octanol–water partition coefficient (Wildman–Crippen LogP) is 20.0. The molecule has 0 radical (unpaired) electrons. The zero-order valence-electron chi connectivity index (χ0n) is 49.9. The van der Waals surface area contributed by atoms with Gasteiger partial charge in [-0.2, -0.15) is 4.58 Å². The van der Waals surface area contributed by atoms with Crippen LogP contribution >= 0.6 is 0 Å². The van der Waals surface area contributed by atoms with Gasteiger partial charge in [-0.3, -0.25) is 0 Å². The van der Waals surface area contributed by atoms with Crippen LogP contribution in [0.2, 0.25) is 0 Å². The second kappa shape index (κ2) is 36.8. The molecule has 0 saturated carbocycles. The van der Waals surface area contributed by atoms with Crippen molar-refractivity contribution < 1.29 is 4.58 Å². The molecule has 1 aliphatic rings. The zero-order valence-corrected chi connectivity index (χ0v) is 49.9. The Labute approximate surface area is 466 Å². The summed E-state index contributed by atoms with van der Waals surface area (Å²) in [5.74, 6) is 0. The standard InChI is InChI=1S/C70H108N6/c1-9-17-25-53-71(54-26-18-10-2)61-33-41-65(42-34-61)75(66-43-35-62(36-44-66)72(55-27-19-11-3)56-28-20-12-4)69-49-51-70(52-50-69)76(67-45-37-63(38-46-67)73(57-29-21-13-5)58-30-22-14-6)68-47-39-64(40-48-68)74(59-31-23-15-7)60-32-24-16-8/h33-52H,9-32,53-60H2,1-8H3/q+2. The van der Waals surface area contributed by atoms with Gasteiger partial charge in [0.15, 0.2) is 5.71 Å². The molecule has 6 heteroatoms. The fraction of sp³-hybridized carbons (Fsp3) is 0.571. The molecule has 6 nitrogen and oxygen atoms in total. The van der Waals surface area contributed by atoms with E-state index in [1.807, 2.05) is 0 Å². The first kappa shape index (κ1) is 61.7. The van der Waals surface area contributed by atoms with Gasteiger partial charge in [0.1, 0.15) is 13.1 Å². The Balaban J connectivity index is 1.60. The van der Waals surface area contributed by atoms with Crippen LogP contribution in [0.1, 0.15) is 209 Å². The van der Waals surface area contributed by atoms with E-state index in [2.05, 4.69) is 206 Å². The van der Waals surface area contributed by atoms with Gasteiger partial charge in [0.25, 0.3) is 0 Å². The van der Waals surface area contributed by atoms with Crippen LogP contribution in [0.4, 0.5) is 45.5 Å². The molecule has 76 heavy (non-hydrogen) atoms. The third kappa shape index (κ3) is 20.4. The SMILES string of the molecule is CCCCCN(CCCCC)c1ccc(N(c2ccc(N(CCCCC)CCCCC)cc2)c2ccc([N+](=C3C=CC(=[N+](CCCCC)CCCCC)C=C3)c3ccc(N(CCCCC)CCCCC)cc3)cc2)cc1. The Kier molecular flexibility index (Phi) is 29.9. The third-order valence-electron chi connectivity index (χ3n) is 15.5. The summed E-state index contributed by atoms with van der Waals surface area (Å²) in [6.07, 6.45) is 39.6. The monoisotopic (exact) mass is 1030 g/mol. The highest BCUT2D eigenvalue weighted by atomic mass is 15.2. The molecule has 0 unspecified atom stereocenters. The summed E-state index contributed by atoms with van der Waals surface area (Å²) in [7, 11) is 0. The average molecular weight is 1030 g/mol. The van der Waals surface area contributed by atoms with Gasteiger partial charge in [-0.1, -0.05) is 145 Å². The van der Waals surface area contributed by atoms with Crippen LogP contribution in [0.5, 0.6) is 0 Å². The number of anilines is 6. The minimum absolute atomic E-state index is 1.12. The molecule has 0 spiro atoms. The highest BCUT2D eigenvalue weighted by molar-refractivity contribution is 6.18. The number of allylic oxidation sites excluding steroid dienone is 4. The maximum Gasteiger partial charge on any atom is 0.212 e. The molecule has 0 aliphatic heterocycles. The summed E-state index contributed by atoms with van der Waals surface area (Å²) in [5.41, 5.74) is 12.4. The fourth-order valence-corrected chi connectivity index (χ4v) is 10.8. The lowest BCUT2D eigenvalue weighted by molar-refractivity contribution is -0.527. The third-order valence-corrected chi connectivity index (χ3v) is 15.5. The lowest BCUT2D eigenvalue weighted by Crippen LogP contribution is -2.26. The maximum atomic E-state index is 2.63. The van der Waals surface area contributed by atoms with Gasteiger partial charge < -0.3 is 19.6 Å². The first-order valence-corrected chi connectivity index (χ1v) is 31.5. The van der Waals surface area contributed by atoms with Crippen LogP contribution in [-0.2, 0) is 0 Å². The predicted molar refractivity (Wildman–Crippen MR) is 340 cm³/mol. The molecule has 0 atom stereocenters. The van der Waals surface area contributed by atoms with Gasteiger partial charge in [0.05, 0.1) is 0 Å². The lowest BCUT2D eigenvalue weighted by atomic mass is 10.1. The minimum atomic E-state index is 1.12. The Morgan fingerprint density at radius 2 is 0.500 bits per heavy atom. The Bertz CT molecular complexity index is 2140. The normalized spacial score (nSPS) is 12.2. The van der Waals surface area contributed by atoms with Crippen LogP contribution in [0.15, 0.2) is 121 Å². The molecular weight excluding hydrogens is 925 g/mol. The summed E-state index contributed by atoms with van der Waals surface area (Å²) >= 11 is 0. The number of rotatable bonds is 40. The quantitative estimate of drug-likeness (QED) is 0.0251. The van der Waals surface area contributed by atoms with E-state index in [1.54, 1.807) is 0 Å². The van der Waals surface area contributed by atoms with Crippen molar-refractivity contribution in [2.75, 3.05) is 72.0 Å². The zero-order chi connectivity index (χ0) is 54.0. The number of hydrogen-bond donors (Lipinski definition) is 0. The molecule has 0 heterocycles. The summed E-state index contributed by atoms with van der Waals surface area (Å²) in [6, 6.07) is 37.9. The van der Waals surface area contributed by atoms with Crippen molar-refractivity contribution in [3.05, 3.63) is 121 Å². The Morgan fingerprint density at radius 3 is 0.789 bits per heavy atom. The van der Waals surface area contributed by atoms with Crippen LogP contribution in [0.3, 0.4) is 0 Å². The largest absolute Gasteiger partial charge is 0.372 e. The fourth-order valence-electron chi connectivity index (χ4n) is 10.8. The summed E-state index contributed by atoms with van der Waals surface area (Å²) < 4.78 is 5.11. The Hall–Kier alpha value is -5.10. The van der Waals surface area contributed by atoms with Crippen molar-refractivity contribution in [3.63, 3.8) is 0 Å². The molecule has 0 N–H and O–H groups in total. The van der Waals surface area contributed by atoms with Gasteiger partial charge in [-0.15, -0.1) is 0 Å². The lowest BCUT2D eigenvalue weighted by Gasteiger charge is -2.29. The molecular formula is C70H108N6+2. The molecule has 0 saturated heterocycles. The molecule has 0 bridgehead atoms. The molecule has 4 aromatic rings. The van der Waals surface area contributed by atoms with Gasteiger partial charge in [-0.25, -0.2) is 4.58 Å². The molecule has 0 amide bonds. The van der Waals surface area contributed by atoms with E-state index in [1.165, 1.54) is 200 Å². The van der Waals surface area contributed by atoms with Gasteiger partial charge >= 0.3 is 0 Å². The van der Waals surface area contributed by atoms with Crippen molar-refractivity contribution >= 4 is 56.9 Å². The van der Waals surface area contributed by atoms with E-state index in [-0.39, 0.29) is 0 Å². The summed E-state index contributed by atoms with van der Waals surface area (Å²) in [6.45, 7) is 27.4. The van der Waals surface area contributed by atoms with Gasteiger partial charge in [0.2, 0.25) is 17.1 Å². The van der Waals surface area contributed by atoms with E-state index in [0.29, 0.717) is 0 Å². The van der Waals surface area contributed by atoms with Crippen LogP contribution in [0.25, 0.3) is 0 Å². The molecule has 0 fully saturated rings. The van der Waals surface area contributed by atoms with Gasteiger partial charge in [-0.05, 0) is 124 Å². The average Bonchev–Trinajstić information content (AvgIpc) is 3.46. The molecule has 1 aliphatic carbocycles. The van der Waals surface area contributed by atoms with E-state index in [4.69, 9.17) is 0 Å². The maximum absolute atomic E-state index is 2.63. The molecule has 4 aromatic carbocycles. The van der Waals surface area contributed by atoms with Crippen LogP contribution < -0.4 is 24.2 Å². The van der Waals surface area contributed by atoms with Crippen molar-refractivity contribution in [2.24, 2.45) is 0 Å². The first-order valence-electron chi connectivity index (χ1n) is 31.5. The van der Waals surface area contributed by atoms with E-state index < -0.39 is 0 Å². The van der Waals surface area contributed by atoms with Crippen LogP contribution in [-0.4, -0.2) is 68.4 Å².